The number of anilines is 1. The number of ether oxygens (including phenoxy) is 3. The SMILES string of the molecule is CC[N+](CCCS(=O)(=O)[O-])=c1ccc2c(/C=C/C=C3/N(CCOCCOCCOCCC(=O)ON4C(=O)CCC4=O)c4ccc(S(=O)(=O)[O-])cc4C3(C)CCCS(=O)(=O)[O-])ccoc-2c1.[Na+].[Na+]. The molecule has 1 aromatic rings. The summed E-state index contributed by atoms with van der Waals surface area (Å²) in [6, 6.07) is 11.2. The topological polar surface area (TPSA) is 282 Å². The molecule has 20 nitrogen and oxygen atoms in total. The molecule has 0 bridgehead atoms. The second-order valence-corrected chi connectivity index (χ2v) is 19.7. The molecule has 0 saturated carbocycles. The Morgan fingerprint density at radius 3 is 2.09 bits per heavy atom. The Morgan fingerprint density at radius 1 is 0.836 bits per heavy atom. The third-order valence-corrected chi connectivity index (χ3v) is 13.1. The predicted molar refractivity (Wildman–Crippen MR) is 229 cm³/mol. The minimum atomic E-state index is -4.89. The first-order valence-corrected chi connectivity index (χ1v) is 25.3. The van der Waals surface area contributed by atoms with E-state index in [-0.39, 0.29) is 144 Å². The van der Waals surface area contributed by atoms with Crippen LogP contribution < -0.4 is 73.9 Å². The van der Waals surface area contributed by atoms with Crippen molar-refractivity contribution in [2.45, 2.75) is 62.7 Å². The summed E-state index contributed by atoms with van der Waals surface area (Å²) in [5.41, 5.74) is 2.01. The van der Waals surface area contributed by atoms with Crippen LogP contribution in [0.15, 0.2) is 75.9 Å². The number of nitrogens with zero attached hydrogens (tertiary/aromatic N) is 3. The summed E-state index contributed by atoms with van der Waals surface area (Å²) in [4.78, 5) is 41.3. The zero-order valence-corrected chi connectivity index (χ0v) is 44.3. The van der Waals surface area contributed by atoms with Crippen molar-refractivity contribution >= 4 is 59.9 Å². The average Bonchev–Trinajstić information content (AvgIpc) is 3.67. The molecule has 0 radical (unpaired) electrons. The van der Waals surface area contributed by atoms with Gasteiger partial charge in [0, 0.05) is 65.7 Å². The number of carbonyl (C=O) groups is 3. The summed E-state index contributed by atoms with van der Waals surface area (Å²) in [5, 5.41) is 1.23. The molecular formula is C42H51N3Na2O17S3. The van der Waals surface area contributed by atoms with Crippen LogP contribution in [0.5, 0.6) is 0 Å². The van der Waals surface area contributed by atoms with E-state index in [1.165, 1.54) is 24.5 Å². The van der Waals surface area contributed by atoms with Crippen LogP contribution in [0.1, 0.15) is 63.5 Å². The van der Waals surface area contributed by atoms with Crippen LogP contribution in [0, 0.1) is 0 Å². The largest absolute Gasteiger partial charge is 1.00 e. The Morgan fingerprint density at radius 2 is 1.46 bits per heavy atom. The molecule has 0 aromatic heterocycles. The van der Waals surface area contributed by atoms with E-state index in [0.717, 1.165) is 16.5 Å². The predicted octanol–water partition coefficient (Wildman–Crippen LogP) is -3.93. The first-order valence-electron chi connectivity index (χ1n) is 20.7. The molecule has 3 heterocycles. The van der Waals surface area contributed by atoms with Gasteiger partial charge in [0.1, 0.15) is 29.0 Å². The van der Waals surface area contributed by atoms with E-state index >= 15 is 0 Å². The number of benzene rings is 2. The van der Waals surface area contributed by atoms with E-state index in [9.17, 15) is 53.3 Å². The van der Waals surface area contributed by atoms with E-state index < -0.39 is 70.0 Å². The maximum absolute atomic E-state index is 12.2. The van der Waals surface area contributed by atoms with Crippen molar-refractivity contribution in [1.29, 1.82) is 0 Å². The van der Waals surface area contributed by atoms with Crippen LogP contribution in [0.25, 0.3) is 17.4 Å². The molecule has 1 fully saturated rings. The number of rotatable bonds is 25. The molecule has 4 aliphatic rings. The number of amides is 2. The van der Waals surface area contributed by atoms with Gasteiger partial charge in [-0.2, -0.15) is 0 Å². The number of imide groups is 1. The van der Waals surface area contributed by atoms with Crippen molar-refractivity contribution in [2.24, 2.45) is 0 Å². The normalized spacial score (nSPS) is 17.5. The molecule has 0 N–H and O–H groups in total. The maximum atomic E-state index is 12.2. The van der Waals surface area contributed by atoms with Gasteiger partial charge in [0.15, 0.2) is 0 Å². The molecule has 1 aromatic carbocycles. The van der Waals surface area contributed by atoms with Gasteiger partial charge in [0.25, 0.3) is 11.8 Å². The summed E-state index contributed by atoms with van der Waals surface area (Å²) < 4.78 is 129. The average molecular weight is 1010 g/mol. The molecule has 0 spiro atoms. The zero-order valence-electron chi connectivity index (χ0n) is 37.9. The standard InChI is InChI=1S/C42H53N3O17S3.2Na/c1-3-43(18-6-28-64(52,53)54)32-9-11-34-31(15-21-61-37(34)29-32)7-4-8-38-42(2,17-5-27-63(49,50)51)35-30-33(65(55,56)57)10-12-36(35)44(38)19-22-59-24-26-60-25-23-58-20-16-41(48)62-45-39(46)13-14-40(45)47;;/h4,7-12,15,21,29-30H,3,5-6,13-14,16-20,22-28H2,1-2H3,(H2-,49,50,51,52,53,54,55,56,57);;/q;2*+1/p-2. The first-order chi connectivity index (χ1) is 30.7. The molecule has 67 heavy (non-hydrogen) atoms. The smallest absolute Gasteiger partial charge is 0.748 e. The molecular weight excluding hydrogens is 961 g/mol. The molecule has 1 atom stereocenters. The Labute approximate surface area is 434 Å². The third-order valence-electron chi connectivity index (χ3n) is 10.7. The van der Waals surface area contributed by atoms with Gasteiger partial charge >= 0.3 is 65.1 Å². The van der Waals surface area contributed by atoms with E-state index in [2.05, 4.69) is 0 Å². The van der Waals surface area contributed by atoms with Crippen LogP contribution >= 0.6 is 0 Å². The van der Waals surface area contributed by atoms with Gasteiger partial charge in [-0.25, -0.2) is 34.6 Å². The molecule has 1 unspecified atom stereocenters. The van der Waals surface area contributed by atoms with Crippen LogP contribution in [0.2, 0.25) is 0 Å². The summed E-state index contributed by atoms with van der Waals surface area (Å²) >= 11 is 0. The van der Waals surface area contributed by atoms with E-state index in [0.29, 0.717) is 40.9 Å². The minimum absolute atomic E-state index is 0. The van der Waals surface area contributed by atoms with Crippen LogP contribution in [-0.2, 0) is 69.2 Å². The minimum Gasteiger partial charge on any atom is -0.748 e. The third kappa shape index (κ3) is 17.2. The Hall–Kier alpha value is -2.85. The van der Waals surface area contributed by atoms with Crippen LogP contribution in [0.3, 0.4) is 0 Å². The van der Waals surface area contributed by atoms with E-state index in [1.807, 2.05) is 40.7 Å². The zero-order chi connectivity index (χ0) is 47.4. The number of fused-ring (bicyclic) bond motifs is 2. The number of carbonyl (C=O) groups excluding carboxylic acids is 3. The monoisotopic (exact) mass is 1010 g/mol. The van der Waals surface area contributed by atoms with E-state index in [1.54, 1.807) is 25.1 Å². The number of hydrogen-bond acceptors (Lipinski definition) is 18. The summed E-state index contributed by atoms with van der Waals surface area (Å²) in [5.74, 6) is -2.55. The van der Waals surface area contributed by atoms with Gasteiger partial charge in [-0.05, 0) is 74.2 Å². The fourth-order valence-electron chi connectivity index (χ4n) is 7.56. The van der Waals surface area contributed by atoms with Crippen LogP contribution in [0.4, 0.5) is 5.69 Å². The second-order valence-electron chi connectivity index (χ2n) is 15.3. The van der Waals surface area contributed by atoms with Gasteiger partial charge < -0.3 is 42.0 Å². The van der Waals surface area contributed by atoms with Crippen molar-refractivity contribution < 1.29 is 136 Å². The molecule has 1 aliphatic carbocycles. The molecule has 1 saturated heterocycles. The summed E-state index contributed by atoms with van der Waals surface area (Å²) in [7, 11) is -13.8. The number of hydrogen-bond donors (Lipinski definition) is 0. The first kappa shape index (κ1) is 58.5. The maximum Gasteiger partial charge on any atom is 1.00 e. The van der Waals surface area contributed by atoms with Crippen molar-refractivity contribution in [1.82, 2.24) is 9.64 Å². The van der Waals surface area contributed by atoms with Crippen LogP contribution in [-0.4, -0.2) is 133 Å². The van der Waals surface area contributed by atoms with Gasteiger partial charge in [-0.3, -0.25) is 9.59 Å². The quantitative estimate of drug-likeness (QED) is 0.0258. The van der Waals surface area contributed by atoms with Crippen molar-refractivity contribution in [3.63, 3.8) is 0 Å². The van der Waals surface area contributed by atoms with Gasteiger partial charge in [0.2, 0.25) is 5.36 Å². The Balaban J connectivity index is 0.00000595. The van der Waals surface area contributed by atoms with Crippen molar-refractivity contribution in [2.75, 3.05) is 75.7 Å². The van der Waals surface area contributed by atoms with Crippen molar-refractivity contribution in [3.05, 3.63) is 83.1 Å². The van der Waals surface area contributed by atoms with Crippen molar-refractivity contribution in [3.8, 4) is 11.3 Å². The Bertz CT molecular complexity index is 2640. The summed E-state index contributed by atoms with van der Waals surface area (Å²) in [6.45, 7) is 5.58. The van der Waals surface area contributed by atoms with Gasteiger partial charge in [-0.1, -0.05) is 12.2 Å². The molecule has 25 heteroatoms. The molecule has 2 amide bonds. The second kappa shape index (κ2) is 26.4. The molecule has 5 rings (SSSR count). The number of allylic oxidation sites excluding steroid dienone is 3. The Kier molecular flexibility index (Phi) is 23.0. The molecule has 356 valence electrons. The van der Waals surface area contributed by atoms with Gasteiger partial charge in [0.05, 0.1) is 83.5 Å². The van der Waals surface area contributed by atoms with Gasteiger partial charge in [-0.15, -0.1) is 5.06 Å². The fraction of sp³-hybridized carbons (Fsp3) is 0.476. The van der Waals surface area contributed by atoms with E-state index in [4.69, 9.17) is 23.5 Å². The summed E-state index contributed by atoms with van der Waals surface area (Å²) in [6.07, 6.45) is 6.88. The number of hydroxylamine groups is 2. The fourth-order valence-corrected chi connectivity index (χ4v) is 9.03. The molecule has 3 aliphatic heterocycles.